The van der Waals surface area contributed by atoms with Crippen LogP contribution in [-0.2, 0) is 4.79 Å². The van der Waals surface area contributed by atoms with Gasteiger partial charge in [0.2, 0.25) is 5.91 Å². The average Bonchev–Trinajstić information content (AvgIpc) is 2.89. The van der Waals surface area contributed by atoms with Gasteiger partial charge in [0, 0.05) is 5.69 Å². The molecule has 0 spiro atoms. The first kappa shape index (κ1) is 14.2. The summed E-state index contributed by atoms with van der Waals surface area (Å²) in [5, 5.41) is 6.72. The lowest BCUT2D eigenvalue weighted by Gasteiger charge is -2.26. The third-order valence-electron chi connectivity index (χ3n) is 3.69. The number of hydrogen-bond donors (Lipinski definition) is 2. The molecule has 4 nitrogen and oxygen atoms in total. The fourth-order valence-electron chi connectivity index (χ4n) is 2.46. The Morgan fingerprint density at radius 3 is 2.89 bits per heavy atom. The van der Waals surface area contributed by atoms with Crippen LogP contribution in [-0.4, -0.2) is 25.1 Å². The molecule has 1 aliphatic heterocycles. The molecule has 2 N–H and O–H groups in total. The number of hydrogen-bond acceptors (Lipinski definition) is 3. The normalized spacial score (nSPS) is 22.3. The summed E-state index contributed by atoms with van der Waals surface area (Å²) in [6.45, 7) is 2.92. The number of nitrogens with one attached hydrogen (secondary N) is 2. The van der Waals surface area contributed by atoms with Gasteiger partial charge in [0.1, 0.15) is 5.75 Å². The molecule has 0 aliphatic carbocycles. The van der Waals surface area contributed by atoms with E-state index in [1.165, 1.54) is 0 Å². The molecular weight excluding hydrogens is 264 g/mol. The SMILES string of the molecule is CCC1(C(=O)Nc2ccc(OC)c(Cl)c2)CCCN1. The summed E-state index contributed by atoms with van der Waals surface area (Å²) in [5.74, 6) is 0.609. The maximum atomic E-state index is 12.4. The molecule has 1 atom stereocenters. The van der Waals surface area contributed by atoms with Gasteiger partial charge in [-0.1, -0.05) is 18.5 Å². The number of methoxy groups -OCH3 is 1. The summed E-state index contributed by atoms with van der Waals surface area (Å²) in [4.78, 5) is 12.4. The molecule has 1 aromatic carbocycles. The number of anilines is 1. The Hall–Kier alpha value is -1.26. The zero-order valence-corrected chi connectivity index (χ0v) is 12.0. The third-order valence-corrected chi connectivity index (χ3v) is 3.99. The summed E-state index contributed by atoms with van der Waals surface area (Å²) in [6, 6.07) is 5.25. The topological polar surface area (TPSA) is 50.4 Å². The molecule has 1 heterocycles. The third kappa shape index (κ3) is 2.85. The fraction of sp³-hybridized carbons (Fsp3) is 0.500. The highest BCUT2D eigenvalue weighted by molar-refractivity contribution is 6.32. The van der Waals surface area contributed by atoms with Crippen molar-refractivity contribution in [2.45, 2.75) is 31.7 Å². The molecule has 1 saturated heterocycles. The lowest BCUT2D eigenvalue weighted by molar-refractivity contribution is -0.122. The van der Waals surface area contributed by atoms with Crippen molar-refractivity contribution in [1.82, 2.24) is 5.32 Å². The van der Waals surface area contributed by atoms with E-state index in [-0.39, 0.29) is 5.91 Å². The molecule has 0 saturated carbocycles. The molecule has 0 aromatic heterocycles. The minimum absolute atomic E-state index is 0.00809. The van der Waals surface area contributed by atoms with Crippen LogP contribution in [0.3, 0.4) is 0 Å². The van der Waals surface area contributed by atoms with Crippen molar-refractivity contribution in [3.05, 3.63) is 23.2 Å². The Morgan fingerprint density at radius 2 is 2.37 bits per heavy atom. The minimum atomic E-state index is -0.438. The van der Waals surface area contributed by atoms with Crippen LogP contribution in [0.15, 0.2) is 18.2 Å². The number of carbonyl (C=O) groups is 1. The number of rotatable bonds is 4. The van der Waals surface area contributed by atoms with Gasteiger partial charge in [0.15, 0.2) is 0 Å². The zero-order chi connectivity index (χ0) is 13.9. The van der Waals surface area contributed by atoms with Crippen molar-refractivity contribution in [3.63, 3.8) is 0 Å². The Labute approximate surface area is 118 Å². The van der Waals surface area contributed by atoms with E-state index in [0.717, 1.165) is 25.8 Å². The molecule has 1 unspecified atom stereocenters. The van der Waals surface area contributed by atoms with Crippen molar-refractivity contribution in [2.24, 2.45) is 0 Å². The van der Waals surface area contributed by atoms with E-state index in [2.05, 4.69) is 10.6 Å². The van der Waals surface area contributed by atoms with Crippen LogP contribution in [0.4, 0.5) is 5.69 Å². The van der Waals surface area contributed by atoms with Crippen LogP contribution >= 0.6 is 11.6 Å². The van der Waals surface area contributed by atoms with Crippen LogP contribution in [0.5, 0.6) is 5.75 Å². The number of amides is 1. The first-order valence-electron chi connectivity index (χ1n) is 6.51. The Kier molecular flexibility index (Phi) is 4.32. The van der Waals surface area contributed by atoms with Crippen molar-refractivity contribution in [3.8, 4) is 5.75 Å². The van der Waals surface area contributed by atoms with Gasteiger partial charge >= 0.3 is 0 Å². The van der Waals surface area contributed by atoms with Crippen LogP contribution in [0.2, 0.25) is 5.02 Å². The zero-order valence-electron chi connectivity index (χ0n) is 11.3. The van der Waals surface area contributed by atoms with Crippen LogP contribution < -0.4 is 15.4 Å². The highest BCUT2D eigenvalue weighted by Gasteiger charge is 2.39. The van der Waals surface area contributed by atoms with E-state index in [0.29, 0.717) is 16.5 Å². The summed E-state index contributed by atoms with van der Waals surface area (Å²) in [6.07, 6.45) is 2.69. The van der Waals surface area contributed by atoms with Gasteiger partial charge in [-0.15, -0.1) is 0 Å². The summed E-state index contributed by atoms with van der Waals surface area (Å²) >= 11 is 6.05. The standard InChI is InChI=1S/C14H19ClN2O2/c1-3-14(7-4-8-16-14)13(18)17-10-5-6-12(19-2)11(15)9-10/h5-6,9,16H,3-4,7-8H2,1-2H3,(H,17,18). The number of ether oxygens (including phenoxy) is 1. The molecule has 19 heavy (non-hydrogen) atoms. The summed E-state index contributed by atoms with van der Waals surface area (Å²) < 4.78 is 5.09. The number of carbonyl (C=O) groups excluding carboxylic acids is 1. The van der Waals surface area contributed by atoms with E-state index in [1.807, 2.05) is 6.92 Å². The molecule has 0 bridgehead atoms. The largest absolute Gasteiger partial charge is 0.495 e. The quantitative estimate of drug-likeness (QED) is 0.893. The van der Waals surface area contributed by atoms with Gasteiger partial charge in [0.25, 0.3) is 0 Å². The second-order valence-corrected chi connectivity index (χ2v) is 5.18. The lowest BCUT2D eigenvalue weighted by Crippen LogP contribution is -2.50. The first-order valence-corrected chi connectivity index (χ1v) is 6.89. The van der Waals surface area contributed by atoms with E-state index < -0.39 is 5.54 Å². The Bertz CT molecular complexity index is 471. The monoisotopic (exact) mass is 282 g/mol. The maximum Gasteiger partial charge on any atom is 0.244 e. The van der Waals surface area contributed by atoms with E-state index in [4.69, 9.17) is 16.3 Å². The van der Waals surface area contributed by atoms with Gasteiger partial charge < -0.3 is 15.4 Å². The van der Waals surface area contributed by atoms with Crippen molar-refractivity contribution >= 4 is 23.2 Å². The summed E-state index contributed by atoms with van der Waals surface area (Å²) in [7, 11) is 1.56. The van der Waals surface area contributed by atoms with Crippen molar-refractivity contribution in [2.75, 3.05) is 19.0 Å². The first-order chi connectivity index (χ1) is 9.11. The smallest absolute Gasteiger partial charge is 0.244 e. The Morgan fingerprint density at radius 1 is 1.58 bits per heavy atom. The summed E-state index contributed by atoms with van der Waals surface area (Å²) in [5.41, 5.74) is 0.254. The predicted octanol–water partition coefficient (Wildman–Crippen LogP) is 2.82. The molecule has 2 rings (SSSR count). The average molecular weight is 283 g/mol. The van der Waals surface area contributed by atoms with Crippen LogP contribution in [0.25, 0.3) is 0 Å². The van der Waals surface area contributed by atoms with Gasteiger partial charge in [0.05, 0.1) is 17.7 Å². The van der Waals surface area contributed by atoms with Gasteiger partial charge in [-0.3, -0.25) is 4.79 Å². The molecule has 1 aromatic rings. The van der Waals surface area contributed by atoms with E-state index in [1.54, 1.807) is 25.3 Å². The Balaban J connectivity index is 2.12. The molecule has 0 radical (unpaired) electrons. The second-order valence-electron chi connectivity index (χ2n) is 4.77. The highest BCUT2D eigenvalue weighted by Crippen LogP contribution is 2.29. The van der Waals surface area contributed by atoms with Gasteiger partial charge in [-0.2, -0.15) is 0 Å². The molecule has 5 heteroatoms. The molecule has 1 amide bonds. The molecule has 1 fully saturated rings. The lowest BCUT2D eigenvalue weighted by atomic mass is 9.93. The van der Waals surface area contributed by atoms with Gasteiger partial charge in [-0.25, -0.2) is 0 Å². The molecular formula is C14H19ClN2O2. The van der Waals surface area contributed by atoms with Crippen LogP contribution in [0.1, 0.15) is 26.2 Å². The minimum Gasteiger partial charge on any atom is -0.495 e. The van der Waals surface area contributed by atoms with E-state index >= 15 is 0 Å². The fourth-order valence-corrected chi connectivity index (χ4v) is 2.71. The van der Waals surface area contributed by atoms with Crippen LogP contribution in [0, 0.1) is 0 Å². The number of halogens is 1. The van der Waals surface area contributed by atoms with Crippen molar-refractivity contribution in [1.29, 1.82) is 0 Å². The predicted molar refractivity (Wildman–Crippen MR) is 76.9 cm³/mol. The van der Waals surface area contributed by atoms with E-state index in [9.17, 15) is 4.79 Å². The maximum absolute atomic E-state index is 12.4. The van der Waals surface area contributed by atoms with Crippen molar-refractivity contribution < 1.29 is 9.53 Å². The molecule has 104 valence electrons. The second kappa shape index (κ2) is 5.80. The highest BCUT2D eigenvalue weighted by atomic mass is 35.5. The van der Waals surface area contributed by atoms with Gasteiger partial charge in [-0.05, 0) is 44.0 Å². The molecule has 1 aliphatic rings. The number of benzene rings is 1.